The minimum atomic E-state index is -3.34. The lowest BCUT2D eigenvalue weighted by Crippen LogP contribution is -2.46. The number of hydrogen-bond acceptors (Lipinski definition) is 3. The SMILES string of the molecule is Cc1ccccc1S(=O)(=O)N1CCSC(C)(C)C1. The fourth-order valence-corrected chi connectivity index (χ4v) is 5.30. The van der Waals surface area contributed by atoms with Gasteiger partial charge in [-0.05, 0) is 32.4 Å². The normalized spacial score (nSPS) is 20.8. The third-order valence-corrected chi connectivity index (χ3v) is 6.40. The molecular weight excluding hydrogens is 266 g/mol. The second-order valence-electron chi connectivity index (χ2n) is 5.21. The van der Waals surface area contributed by atoms with Gasteiger partial charge in [-0.1, -0.05) is 18.2 Å². The number of aryl methyl sites for hydroxylation is 1. The third-order valence-electron chi connectivity index (χ3n) is 3.10. The monoisotopic (exact) mass is 285 g/mol. The first-order valence-electron chi connectivity index (χ1n) is 6.03. The zero-order valence-electron chi connectivity index (χ0n) is 11.0. The van der Waals surface area contributed by atoms with Crippen molar-refractivity contribution in [1.82, 2.24) is 4.31 Å². The van der Waals surface area contributed by atoms with Gasteiger partial charge >= 0.3 is 0 Å². The van der Waals surface area contributed by atoms with Crippen LogP contribution in [-0.2, 0) is 10.0 Å². The Morgan fingerprint density at radius 2 is 1.94 bits per heavy atom. The van der Waals surface area contributed by atoms with Gasteiger partial charge < -0.3 is 0 Å². The molecular formula is C13H19NO2S2. The largest absolute Gasteiger partial charge is 0.243 e. The smallest absolute Gasteiger partial charge is 0.207 e. The van der Waals surface area contributed by atoms with Gasteiger partial charge in [-0.2, -0.15) is 16.1 Å². The summed E-state index contributed by atoms with van der Waals surface area (Å²) in [6.45, 7) is 7.21. The van der Waals surface area contributed by atoms with Crippen LogP contribution >= 0.6 is 11.8 Å². The van der Waals surface area contributed by atoms with Crippen LogP contribution in [0.2, 0.25) is 0 Å². The molecule has 0 atom stereocenters. The highest BCUT2D eigenvalue weighted by molar-refractivity contribution is 8.00. The van der Waals surface area contributed by atoms with Gasteiger partial charge in [0.05, 0.1) is 4.90 Å². The Balaban J connectivity index is 2.35. The minimum Gasteiger partial charge on any atom is -0.207 e. The molecule has 1 aliphatic rings. The second-order valence-corrected chi connectivity index (χ2v) is 8.92. The number of rotatable bonds is 2. The van der Waals surface area contributed by atoms with E-state index in [1.807, 2.05) is 30.8 Å². The Hall–Kier alpha value is -0.520. The molecule has 0 unspecified atom stereocenters. The molecule has 1 aromatic rings. The summed E-state index contributed by atoms with van der Waals surface area (Å²) in [5.74, 6) is 0.859. The molecule has 2 rings (SSSR count). The molecule has 18 heavy (non-hydrogen) atoms. The highest BCUT2D eigenvalue weighted by Crippen LogP contribution is 2.32. The van der Waals surface area contributed by atoms with Crippen molar-refractivity contribution in [3.05, 3.63) is 29.8 Å². The highest BCUT2D eigenvalue weighted by Gasteiger charge is 2.35. The van der Waals surface area contributed by atoms with Crippen LogP contribution < -0.4 is 0 Å². The van der Waals surface area contributed by atoms with Crippen LogP contribution in [0, 0.1) is 6.92 Å². The summed E-state index contributed by atoms with van der Waals surface area (Å²) in [5, 5.41) is 0. The van der Waals surface area contributed by atoms with E-state index in [0.29, 0.717) is 18.0 Å². The van der Waals surface area contributed by atoms with E-state index in [9.17, 15) is 8.42 Å². The standard InChI is InChI=1S/C13H19NO2S2/c1-11-6-4-5-7-12(11)18(15,16)14-8-9-17-13(2,3)10-14/h4-7H,8-10H2,1-3H3. The zero-order valence-corrected chi connectivity index (χ0v) is 12.6. The van der Waals surface area contributed by atoms with E-state index in [2.05, 4.69) is 13.8 Å². The maximum Gasteiger partial charge on any atom is 0.243 e. The third kappa shape index (κ3) is 2.73. The quantitative estimate of drug-likeness (QED) is 0.838. The number of nitrogens with zero attached hydrogens (tertiary/aromatic N) is 1. The molecule has 0 bridgehead atoms. The second kappa shape index (κ2) is 4.87. The Labute approximate surface area is 114 Å². The van der Waals surface area contributed by atoms with Crippen LogP contribution in [0.25, 0.3) is 0 Å². The van der Waals surface area contributed by atoms with Gasteiger partial charge in [-0.3, -0.25) is 0 Å². The average Bonchev–Trinajstić information content (AvgIpc) is 2.28. The zero-order chi connectivity index (χ0) is 13.4. The van der Waals surface area contributed by atoms with Crippen molar-refractivity contribution in [1.29, 1.82) is 0 Å². The van der Waals surface area contributed by atoms with Crippen molar-refractivity contribution < 1.29 is 8.42 Å². The molecule has 3 nitrogen and oxygen atoms in total. The first-order valence-corrected chi connectivity index (χ1v) is 8.45. The molecule has 0 aliphatic carbocycles. The van der Waals surface area contributed by atoms with E-state index in [0.717, 1.165) is 11.3 Å². The van der Waals surface area contributed by atoms with Crippen molar-refractivity contribution in [3.8, 4) is 0 Å². The number of sulfonamides is 1. The fraction of sp³-hybridized carbons (Fsp3) is 0.538. The molecule has 0 spiro atoms. The van der Waals surface area contributed by atoms with Crippen molar-refractivity contribution >= 4 is 21.8 Å². The molecule has 0 amide bonds. The Bertz CT molecular complexity index is 538. The first kappa shape index (κ1) is 13.9. The van der Waals surface area contributed by atoms with Crippen LogP contribution in [0.1, 0.15) is 19.4 Å². The average molecular weight is 285 g/mol. The molecule has 0 aromatic heterocycles. The van der Waals surface area contributed by atoms with Crippen LogP contribution in [-0.4, -0.2) is 36.3 Å². The molecule has 1 heterocycles. The maximum absolute atomic E-state index is 12.6. The summed E-state index contributed by atoms with van der Waals surface area (Å²) in [4.78, 5) is 0.438. The Kier molecular flexibility index (Phi) is 3.76. The van der Waals surface area contributed by atoms with Crippen molar-refractivity contribution in [3.63, 3.8) is 0 Å². The van der Waals surface area contributed by atoms with E-state index in [-0.39, 0.29) is 4.75 Å². The van der Waals surface area contributed by atoms with Gasteiger partial charge in [-0.15, -0.1) is 0 Å². The van der Waals surface area contributed by atoms with Crippen LogP contribution in [0.3, 0.4) is 0 Å². The van der Waals surface area contributed by atoms with E-state index in [4.69, 9.17) is 0 Å². The van der Waals surface area contributed by atoms with Gasteiger partial charge in [0.2, 0.25) is 10.0 Å². The topological polar surface area (TPSA) is 37.4 Å². The molecule has 0 radical (unpaired) electrons. The summed E-state index contributed by atoms with van der Waals surface area (Å²) in [5.41, 5.74) is 0.813. The van der Waals surface area contributed by atoms with Gasteiger partial charge in [-0.25, -0.2) is 8.42 Å². The van der Waals surface area contributed by atoms with Crippen LogP contribution in [0.4, 0.5) is 0 Å². The van der Waals surface area contributed by atoms with Crippen LogP contribution in [0.15, 0.2) is 29.2 Å². The predicted molar refractivity (Wildman–Crippen MR) is 76.5 cm³/mol. The van der Waals surface area contributed by atoms with Gasteiger partial charge in [0.15, 0.2) is 0 Å². The fourth-order valence-electron chi connectivity index (χ4n) is 2.16. The molecule has 1 saturated heterocycles. The molecule has 1 fully saturated rings. The Morgan fingerprint density at radius 3 is 2.56 bits per heavy atom. The summed E-state index contributed by atoms with van der Waals surface area (Å²) < 4.78 is 26.8. The van der Waals surface area contributed by atoms with Crippen LogP contribution in [0.5, 0.6) is 0 Å². The molecule has 1 aliphatic heterocycles. The van der Waals surface area contributed by atoms with Crippen molar-refractivity contribution in [2.24, 2.45) is 0 Å². The number of thioether (sulfide) groups is 1. The van der Waals surface area contributed by atoms with E-state index in [1.54, 1.807) is 16.4 Å². The lowest BCUT2D eigenvalue weighted by molar-refractivity contribution is 0.387. The number of benzene rings is 1. The first-order chi connectivity index (χ1) is 8.33. The lowest BCUT2D eigenvalue weighted by Gasteiger charge is -2.36. The Morgan fingerprint density at radius 1 is 1.28 bits per heavy atom. The number of hydrogen-bond donors (Lipinski definition) is 0. The molecule has 100 valence electrons. The van der Waals surface area contributed by atoms with Crippen molar-refractivity contribution in [2.45, 2.75) is 30.4 Å². The summed E-state index contributed by atoms with van der Waals surface area (Å²) >= 11 is 1.83. The summed E-state index contributed by atoms with van der Waals surface area (Å²) in [6, 6.07) is 7.18. The van der Waals surface area contributed by atoms with E-state index in [1.165, 1.54) is 0 Å². The molecule has 0 saturated carbocycles. The maximum atomic E-state index is 12.6. The van der Waals surface area contributed by atoms with E-state index < -0.39 is 10.0 Å². The predicted octanol–water partition coefficient (Wildman–Crippen LogP) is 2.51. The molecule has 5 heteroatoms. The summed E-state index contributed by atoms with van der Waals surface area (Å²) in [7, 11) is -3.34. The molecule has 0 N–H and O–H groups in total. The minimum absolute atomic E-state index is 0.00595. The van der Waals surface area contributed by atoms with E-state index >= 15 is 0 Å². The van der Waals surface area contributed by atoms with Gasteiger partial charge in [0.25, 0.3) is 0 Å². The lowest BCUT2D eigenvalue weighted by atomic mass is 10.2. The summed E-state index contributed by atoms with van der Waals surface area (Å²) in [6.07, 6.45) is 0. The van der Waals surface area contributed by atoms with Gasteiger partial charge in [0, 0.05) is 23.6 Å². The van der Waals surface area contributed by atoms with Crippen molar-refractivity contribution in [2.75, 3.05) is 18.8 Å². The molecule has 1 aromatic carbocycles. The highest BCUT2D eigenvalue weighted by atomic mass is 32.2. The van der Waals surface area contributed by atoms with Gasteiger partial charge in [0.1, 0.15) is 0 Å².